The van der Waals surface area contributed by atoms with Gasteiger partial charge in [0.25, 0.3) is 0 Å². The Morgan fingerprint density at radius 2 is 2.00 bits per heavy atom. The van der Waals surface area contributed by atoms with Crippen molar-refractivity contribution in [1.29, 1.82) is 0 Å². The van der Waals surface area contributed by atoms with Crippen LogP contribution in [0.5, 0.6) is 0 Å². The largest absolute Gasteiger partial charge is 0.416 e. The van der Waals surface area contributed by atoms with Crippen molar-refractivity contribution in [3.8, 4) is 0 Å². The van der Waals surface area contributed by atoms with Gasteiger partial charge in [0.2, 0.25) is 0 Å². The molecular weight excluding hydrogens is 277 g/mol. The lowest BCUT2D eigenvalue weighted by molar-refractivity contribution is -0.138. The summed E-state index contributed by atoms with van der Waals surface area (Å²) in [5.74, 6) is 0. The molecule has 1 saturated heterocycles. The fourth-order valence-electron chi connectivity index (χ4n) is 2.88. The normalized spacial score (nSPS) is 22.4. The highest BCUT2D eigenvalue weighted by Crippen LogP contribution is 2.35. The lowest BCUT2D eigenvalue weighted by Gasteiger charge is -2.46. The highest BCUT2D eigenvalue weighted by atomic mass is 19.4. The SMILES string of the molecule is CCC1CNC(C)(C)CN1c1ccc(C)c(C(F)(F)F)c1. The van der Waals surface area contributed by atoms with Gasteiger partial charge in [0.1, 0.15) is 0 Å². The fraction of sp³-hybridized carbons (Fsp3) is 0.625. The van der Waals surface area contributed by atoms with Gasteiger partial charge in [-0.2, -0.15) is 13.2 Å². The zero-order chi connectivity index (χ0) is 15.8. The molecule has 0 amide bonds. The molecule has 2 nitrogen and oxygen atoms in total. The molecular formula is C16H23F3N2. The lowest BCUT2D eigenvalue weighted by atomic mass is 9.96. The number of hydrogen-bond acceptors (Lipinski definition) is 2. The molecule has 21 heavy (non-hydrogen) atoms. The summed E-state index contributed by atoms with van der Waals surface area (Å²) in [4.78, 5) is 2.10. The molecule has 1 aliphatic heterocycles. The second-order valence-electron chi connectivity index (χ2n) is 6.45. The smallest absolute Gasteiger partial charge is 0.365 e. The van der Waals surface area contributed by atoms with E-state index in [1.165, 1.54) is 13.0 Å². The van der Waals surface area contributed by atoms with Crippen molar-refractivity contribution in [3.05, 3.63) is 29.3 Å². The Balaban J connectivity index is 2.39. The van der Waals surface area contributed by atoms with Gasteiger partial charge in [-0.1, -0.05) is 13.0 Å². The topological polar surface area (TPSA) is 15.3 Å². The van der Waals surface area contributed by atoms with Crippen LogP contribution in [0.4, 0.5) is 18.9 Å². The predicted molar refractivity (Wildman–Crippen MR) is 79.7 cm³/mol. The van der Waals surface area contributed by atoms with E-state index in [0.717, 1.165) is 13.0 Å². The zero-order valence-electron chi connectivity index (χ0n) is 13.0. The molecule has 118 valence electrons. The van der Waals surface area contributed by atoms with E-state index >= 15 is 0 Å². The van der Waals surface area contributed by atoms with Crippen molar-refractivity contribution in [2.24, 2.45) is 0 Å². The number of nitrogens with zero attached hydrogens (tertiary/aromatic N) is 1. The number of halogens is 3. The van der Waals surface area contributed by atoms with Crippen molar-refractivity contribution in [3.63, 3.8) is 0 Å². The van der Waals surface area contributed by atoms with Gasteiger partial charge in [0, 0.05) is 30.4 Å². The first-order valence-corrected chi connectivity index (χ1v) is 7.33. The molecule has 1 heterocycles. The van der Waals surface area contributed by atoms with E-state index < -0.39 is 11.7 Å². The molecule has 0 aliphatic carbocycles. The van der Waals surface area contributed by atoms with E-state index in [1.807, 2.05) is 0 Å². The quantitative estimate of drug-likeness (QED) is 0.888. The lowest BCUT2D eigenvalue weighted by Crippen LogP contribution is -2.61. The Morgan fingerprint density at radius 3 is 2.57 bits per heavy atom. The summed E-state index contributed by atoms with van der Waals surface area (Å²) in [6.45, 7) is 9.21. The van der Waals surface area contributed by atoms with Crippen LogP contribution in [0, 0.1) is 6.92 Å². The number of alkyl halides is 3. The highest BCUT2D eigenvalue weighted by molar-refractivity contribution is 5.53. The standard InChI is InChI=1S/C16H23F3N2/c1-5-12-9-20-15(3,4)10-21(12)13-7-6-11(2)14(8-13)16(17,18)19/h6-8,12,20H,5,9-10H2,1-4H3. The van der Waals surface area contributed by atoms with Gasteiger partial charge >= 0.3 is 6.18 Å². The number of anilines is 1. The van der Waals surface area contributed by atoms with Crippen molar-refractivity contribution in [1.82, 2.24) is 5.32 Å². The molecule has 0 bridgehead atoms. The van der Waals surface area contributed by atoms with Crippen molar-refractivity contribution in [2.45, 2.75) is 51.9 Å². The summed E-state index contributed by atoms with van der Waals surface area (Å²) in [7, 11) is 0. The Kier molecular flexibility index (Phi) is 4.24. The van der Waals surface area contributed by atoms with Gasteiger partial charge < -0.3 is 10.2 Å². The minimum atomic E-state index is -4.30. The van der Waals surface area contributed by atoms with Gasteiger partial charge in [0.05, 0.1) is 5.56 Å². The van der Waals surface area contributed by atoms with Crippen LogP contribution in [0.2, 0.25) is 0 Å². The third-order valence-corrected chi connectivity index (χ3v) is 4.15. The van der Waals surface area contributed by atoms with E-state index in [2.05, 4.69) is 31.0 Å². The van der Waals surface area contributed by atoms with Crippen LogP contribution in [0.1, 0.15) is 38.3 Å². The second kappa shape index (κ2) is 5.52. The van der Waals surface area contributed by atoms with Crippen molar-refractivity contribution in [2.75, 3.05) is 18.0 Å². The number of rotatable bonds is 2. The van der Waals surface area contributed by atoms with Crippen LogP contribution >= 0.6 is 0 Å². The van der Waals surface area contributed by atoms with Crippen LogP contribution in [0.3, 0.4) is 0 Å². The Hall–Kier alpha value is -1.23. The van der Waals surface area contributed by atoms with Crippen molar-refractivity contribution < 1.29 is 13.2 Å². The molecule has 5 heteroatoms. The molecule has 0 spiro atoms. The van der Waals surface area contributed by atoms with Gasteiger partial charge in [-0.05, 0) is 44.9 Å². The summed E-state index contributed by atoms with van der Waals surface area (Å²) in [5, 5.41) is 3.45. The summed E-state index contributed by atoms with van der Waals surface area (Å²) >= 11 is 0. The van der Waals surface area contributed by atoms with Gasteiger partial charge in [-0.3, -0.25) is 0 Å². The maximum atomic E-state index is 13.1. The first-order valence-electron chi connectivity index (χ1n) is 7.33. The molecule has 1 atom stereocenters. The Bertz CT molecular complexity index is 509. The number of benzene rings is 1. The van der Waals surface area contributed by atoms with E-state index in [9.17, 15) is 13.2 Å². The van der Waals surface area contributed by atoms with Crippen LogP contribution in [-0.2, 0) is 6.18 Å². The number of piperazine rings is 1. The minimum absolute atomic E-state index is 0.102. The molecule has 1 aromatic rings. The van der Waals surface area contributed by atoms with Crippen molar-refractivity contribution >= 4 is 5.69 Å². The van der Waals surface area contributed by atoms with E-state index in [-0.39, 0.29) is 17.1 Å². The third-order valence-electron chi connectivity index (χ3n) is 4.15. The fourth-order valence-corrected chi connectivity index (χ4v) is 2.88. The molecule has 0 radical (unpaired) electrons. The van der Waals surface area contributed by atoms with Crippen LogP contribution in [0.25, 0.3) is 0 Å². The molecule has 1 fully saturated rings. The van der Waals surface area contributed by atoms with E-state index in [0.29, 0.717) is 12.2 Å². The second-order valence-corrected chi connectivity index (χ2v) is 6.45. The predicted octanol–water partition coefficient (Wildman–Crippen LogP) is 3.98. The molecule has 0 saturated carbocycles. The maximum absolute atomic E-state index is 13.1. The van der Waals surface area contributed by atoms with E-state index in [4.69, 9.17) is 0 Å². The summed E-state index contributed by atoms with van der Waals surface area (Å²) in [5.41, 5.74) is 0.295. The molecule has 1 unspecified atom stereocenters. The average Bonchev–Trinajstić information content (AvgIpc) is 2.37. The first kappa shape index (κ1) is 16.1. The average molecular weight is 300 g/mol. The molecule has 1 aromatic carbocycles. The van der Waals surface area contributed by atoms with Crippen LogP contribution in [0.15, 0.2) is 18.2 Å². The molecule has 1 aliphatic rings. The van der Waals surface area contributed by atoms with Gasteiger partial charge in [-0.25, -0.2) is 0 Å². The van der Waals surface area contributed by atoms with Gasteiger partial charge in [-0.15, -0.1) is 0 Å². The summed E-state index contributed by atoms with van der Waals surface area (Å²) in [6.07, 6.45) is -3.40. The minimum Gasteiger partial charge on any atom is -0.365 e. The molecule has 2 rings (SSSR count). The Labute approximate surface area is 124 Å². The molecule has 1 N–H and O–H groups in total. The first-order chi connectivity index (χ1) is 9.64. The Morgan fingerprint density at radius 1 is 1.33 bits per heavy atom. The third kappa shape index (κ3) is 3.51. The van der Waals surface area contributed by atoms with Gasteiger partial charge in [0.15, 0.2) is 0 Å². The van der Waals surface area contributed by atoms with Crippen LogP contribution < -0.4 is 10.2 Å². The highest BCUT2D eigenvalue weighted by Gasteiger charge is 2.35. The van der Waals surface area contributed by atoms with E-state index in [1.54, 1.807) is 12.1 Å². The maximum Gasteiger partial charge on any atom is 0.416 e. The number of aryl methyl sites for hydroxylation is 1. The number of hydrogen-bond donors (Lipinski definition) is 1. The van der Waals surface area contributed by atoms with Crippen LogP contribution in [-0.4, -0.2) is 24.7 Å². The summed E-state index contributed by atoms with van der Waals surface area (Å²) in [6, 6.07) is 4.88. The number of nitrogens with one attached hydrogen (secondary N) is 1. The zero-order valence-corrected chi connectivity index (χ0v) is 13.0. The monoisotopic (exact) mass is 300 g/mol. The molecule has 0 aromatic heterocycles. The summed E-state index contributed by atoms with van der Waals surface area (Å²) < 4.78 is 39.3.